The molecule has 0 unspecified atom stereocenters. The number of anilines is 2. The van der Waals surface area contributed by atoms with Gasteiger partial charge in [-0.05, 0) is 49.1 Å². The number of ether oxygens (including phenoxy) is 2. The SMILES string of the molecule is CCO[C@H](C(=O)Nc1nnc(C[C@@H]2CCN(c3cccnn3)C2)s1)c1ccc(F)c(OC)c1. The predicted octanol–water partition coefficient (Wildman–Crippen LogP) is 3.26. The Kier molecular flexibility index (Phi) is 7.40. The highest BCUT2D eigenvalue weighted by molar-refractivity contribution is 7.15. The Hall–Kier alpha value is -3.18. The number of benzene rings is 1. The van der Waals surface area contributed by atoms with Gasteiger partial charge in [-0.25, -0.2) is 4.39 Å². The van der Waals surface area contributed by atoms with Crippen molar-refractivity contribution < 1.29 is 18.7 Å². The first-order chi connectivity index (χ1) is 16.1. The zero-order chi connectivity index (χ0) is 23.2. The van der Waals surface area contributed by atoms with Gasteiger partial charge in [-0.2, -0.15) is 5.10 Å². The van der Waals surface area contributed by atoms with E-state index in [9.17, 15) is 9.18 Å². The van der Waals surface area contributed by atoms with Crippen LogP contribution in [0.3, 0.4) is 0 Å². The zero-order valence-corrected chi connectivity index (χ0v) is 19.2. The fraction of sp³-hybridized carbons (Fsp3) is 0.409. The number of amides is 1. The van der Waals surface area contributed by atoms with Gasteiger partial charge < -0.3 is 14.4 Å². The Balaban J connectivity index is 1.37. The van der Waals surface area contributed by atoms with Crippen LogP contribution < -0.4 is 15.0 Å². The number of hydrogen-bond acceptors (Lipinski definition) is 9. The summed E-state index contributed by atoms with van der Waals surface area (Å²) in [5, 5.41) is 20.5. The number of aromatic nitrogens is 4. The van der Waals surface area contributed by atoms with E-state index >= 15 is 0 Å². The Labute approximate surface area is 195 Å². The Morgan fingerprint density at radius 2 is 2.21 bits per heavy atom. The lowest BCUT2D eigenvalue weighted by Crippen LogP contribution is -2.23. The minimum Gasteiger partial charge on any atom is -0.494 e. The first-order valence-corrected chi connectivity index (χ1v) is 11.5. The molecule has 1 fully saturated rings. The van der Waals surface area contributed by atoms with Crippen molar-refractivity contribution in [2.24, 2.45) is 5.92 Å². The van der Waals surface area contributed by atoms with Crippen LogP contribution >= 0.6 is 11.3 Å². The molecule has 0 radical (unpaired) electrons. The summed E-state index contributed by atoms with van der Waals surface area (Å²) in [6.45, 7) is 3.89. The molecule has 1 aliphatic heterocycles. The summed E-state index contributed by atoms with van der Waals surface area (Å²) in [5.74, 6) is 0.449. The lowest BCUT2D eigenvalue weighted by Gasteiger charge is -2.17. The minimum absolute atomic E-state index is 0.0512. The second-order valence-electron chi connectivity index (χ2n) is 7.61. The predicted molar refractivity (Wildman–Crippen MR) is 122 cm³/mol. The fourth-order valence-corrected chi connectivity index (χ4v) is 4.66. The van der Waals surface area contributed by atoms with Crippen LogP contribution in [0.2, 0.25) is 0 Å². The lowest BCUT2D eigenvalue weighted by molar-refractivity contribution is -0.127. The van der Waals surface area contributed by atoms with Gasteiger partial charge in [0.1, 0.15) is 5.01 Å². The third kappa shape index (κ3) is 5.60. The van der Waals surface area contributed by atoms with E-state index in [1.54, 1.807) is 13.1 Å². The van der Waals surface area contributed by atoms with Crippen molar-refractivity contribution >= 4 is 28.2 Å². The zero-order valence-electron chi connectivity index (χ0n) is 18.4. The van der Waals surface area contributed by atoms with Crippen LogP contribution in [-0.4, -0.2) is 53.1 Å². The van der Waals surface area contributed by atoms with Crippen LogP contribution in [0.5, 0.6) is 5.75 Å². The molecule has 11 heteroatoms. The van der Waals surface area contributed by atoms with E-state index in [0.29, 0.717) is 23.2 Å². The van der Waals surface area contributed by atoms with Gasteiger partial charge in [-0.1, -0.05) is 17.4 Å². The smallest absolute Gasteiger partial charge is 0.259 e. The van der Waals surface area contributed by atoms with Gasteiger partial charge in [0.15, 0.2) is 23.5 Å². The van der Waals surface area contributed by atoms with Crippen LogP contribution in [0.25, 0.3) is 0 Å². The minimum atomic E-state index is -0.924. The number of hydrogen-bond donors (Lipinski definition) is 1. The lowest BCUT2D eigenvalue weighted by atomic mass is 10.1. The van der Waals surface area contributed by atoms with Crippen molar-refractivity contribution in [3.63, 3.8) is 0 Å². The fourth-order valence-electron chi connectivity index (χ4n) is 3.80. The van der Waals surface area contributed by atoms with E-state index in [4.69, 9.17) is 9.47 Å². The quantitative estimate of drug-likeness (QED) is 0.506. The molecule has 0 aliphatic carbocycles. The van der Waals surface area contributed by atoms with E-state index < -0.39 is 17.8 Å². The number of methoxy groups -OCH3 is 1. The molecule has 174 valence electrons. The van der Waals surface area contributed by atoms with Crippen molar-refractivity contribution in [1.82, 2.24) is 20.4 Å². The highest BCUT2D eigenvalue weighted by Crippen LogP contribution is 2.29. The number of carbonyl (C=O) groups excluding carboxylic acids is 1. The number of rotatable bonds is 9. The summed E-state index contributed by atoms with van der Waals surface area (Å²) in [6, 6.07) is 8.06. The molecule has 1 aromatic carbocycles. The maximum Gasteiger partial charge on any atom is 0.259 e. The van der Waals surface area contributed by atoms with E-state index in [0.717, 1.165) is 36.8 Å². The summed E-state index contributed by atoms with van der Waals surface area (Å²) in [4.78, 5) is 15.1. The van der Waals surface area contributed by atoms with Crippen LogP contribution in [0.1, 0.15) is 30.0 Å². The molecule has 1 aliphatic rings. The summed E-state index contributed by atoms with van der Waals surface area (Å²) in [7, 11) is 1.37. The molecule has 3 aromatic rings. The molecule has 9 nitrogen and oxygen atoms in total. The number of nitrogens with one attached hydrogen (secondary N) is 1. The van der Waals surface area contributed by atoms with E-state index in [1.807, 2.05) is 12.1 Å². The van der Waals surface area contributed by atoms with Gasteiger partial charge in [0.2, 0.25) is 5.13 Å². The normalized spacial score (nSPS) is 16.6. The van der Waals surface area contributed by atoms with Crippen LogP contribution in [0.15, 0.2) is 36.5 Å². The molecule has 4 rings (SSSR count). The Morgan fingerprint density at radius 3 is 2.97 bits per heavy atom. The maximum atomic E-state index is 13.8. The van der Waals surface area contributed by atoms with Crippen molar-refractivity contribution in [1.29, 1.82) is 0 Å². The van der Waals surface area contributed by atoms with E-state index in [2.05, 4.69) is 30.6 Å². The summed E-state index contributed by atoms with van der Waals surface area (Å²) >= 11 is 1.34. The molecule has 2 atom stereocenters. The van der Waals surface area contributed by atoms with Gasteiger partial charge in [0.25, 0.3) is 5.91 Å². The van der Waals surface area contributed by atoms with Gasteiger partial charge in [-0.3, -0.25) is 10.1 Å². The number of nitrogens with zero attached hydrogens (tertiary/aromatic N) is 5. The third-order valence-corrected chi connectivity index (χ3v) is 6.24. The average molecular weight is 473 g/mol. The molecule has 0 spiro atoms. The molecule has 3 heterocycles. The first kappa shape index (κ1) is 23.0. The van der Waals surface area contributed by atoms with Crippen molar-refractivity contribution in [2.45, 2.75) is 25.9 Å². The molecule has 33 heavy (non-hydrogen) atoms. The molecule has 1 amide bonds. The number of carbonyl (C=O) groups is 1. The second-order valence-corrected chi connectivity index (χ2v) is 8.67. The maximum absolute atomic E-state index is 13.8. The van der Waals surface area contributed by atoms with Gasteiger partial charge in [-0.15, -0.1) is 15.3 Å². The topological polar surface area (TPSA) is 102 Å². The van der Waals surface area contributed by atoms with Gasteiger partial charge in [0, 0.05) is 32.3 Å². The average Bonchev–Trinajstić information content (AvgIpc) is 3.48. The molecule has 1 N–H and O–H groups in total. The molecule has 1 saturated heterocycles. The molecule has 0 saturated carbocycles. The highest BCUT2D eigenvalue weighted by atomic mass is 32.1. The Bertz CT molecular complexity index is 1080. The van der Waals surface area contributed by atoms with Gasteiger partial charge >= 0.3 is 0 Å². The molecular weight excluding hydrogens is 447 g/mol. The molecule has 2 aromatic heterocycles. The van der Waals surface area contributed by atoms with Crippen molar-refractivity contribution in [2.75, 3.05) is 37.0 Å². The van der Waals surface area contributed by atoms with E-state index in [1.165, 1.54) is 36.6 Å². The largest absolute Gasteiger partial charge is 0.494 e. The first-order valence-electron chi connectivity index (χ1n) is 10.7. The van der Waals surface area contributed by atoms with Crippen LogP contribution in [0, 0.1) is 11.7 Å². The molecular formula is C22H25FN6O3S. The van der Waals surface area contributed by atoms with Crippen molar-refractivity contribution in [3.05, 3.63) is 52.9 Å². The van der Waals surface area contributed by atoms with Crippen LogP contribution in [0.4, 0.5) is 15.3 Å². The van der Waals surface area contributed by atoms with E-state index in [-0.39, 0.29) is 5.75 Å². The standard InChI is InChI=1S/C22H25FN6O3S/c1-3-32-20(15-6-7-16(23)17(12-15)31-2)21(30)25-22-28-27-19(33-22)11-14-8-10-29(13-14)18-5-4-9-24-26-18/h4-7,9,12,14,20H,3,8,10-11,13H2,1-2H3,(H,25,28,30)/t14-,20-/m0/s1. The van der Waals surface area contributed by atoms with Crippen LogP contribution in [-0.2, 0) is 16.0 Å². The molecule has 0 bridgehead atoms. The van der Waals surface area contributed by atoms with Crippen molar-refractivity contribution in [3.8, 4) is 5.75 Å². The Morgan fingerprint density at radius 1 is 1.33 bits per heavy atom. The monoisotopic (exact) mass is 472 g/mol. The summed E-state index contributed by atoms with van der Waals surface area (Å²) in [6.07, 6.45) is 2.54. The summed E-state index contributed by atoms with van der Waals surface area (Å²) in [5.41, 5.74) is 0.493. The highest BCUT2D eigenvalue weighted by Gasteiger charge is 2.26. The summed E-state index contributed by atoms with van der Waals surface area (Å²) < 4.78 is 24.4. The second kappa shape index (κ2) is 10.6. The third-order valence-electron chi connectivity index (χ3n) is 5.38. The van der Waals surface area contributed by atoms with Gasteiger partial charge in [0.05, 0.1) is 7.11 Å². The number of halogens is 1.